The van der Waals surface area contributed by atoms with Crippen molar-refractivity contribution in [2.24, 2.45) is 0 Å². The summed E-state index contributed by atoms with van der Waals surface area (Å²) in [6.45, 7) is 6.13. The highest BCUT2D eigenvalue weighted by atomic mass is 19.1. The van der Waals surface area contributed by atoms with Gasteiger partial charge in [0, 0.05) is 5.92 Å². The fourth-order valence-corrected chi connectivity index (χ4v) is 3.06. The molecule has 0 aliphatic heterocycles. The summed E-state index contributed by atoms with van der Waals surface area (Å²) in [5, 5.41) is 13.0. The van der Waals surface area contributed by atoms with Gasteiger partial charge in [-0.1, -0.05) is 64.5 Å². The third-order valence-corrected chi connectivity index (χ3v) is 4.36. The molecule has 0 aliphatic carbocycles. The topological polar surface area (TPSA) is 19.9 Å². The molecule has 0 aromatic heterocycles. The fraction of sp³-hybridized carbons (Fsp3) is 0.684. The molecule has 0 bridgehead atoms. The molecule has 0 spiro atoms. The maximum Gasteiger partial charge on any atom is 0.123 e. The molecule has 0 saturated heterocycles. The Kier molecular flexibility index (Phi) is 7.95. The Morgan fingerprint density at radius 2 is 1.62 bits per heavy atom. The molecule has 2 atom stereocenters. The van der Waals surface area contributed by atoms with Crippen molar-refractivity contribution in [3.8, 4) is 0 Å². The Balaban J connectivity index is 2.66. The van der Waals surface area contributed by atoms with Gasteiger partial charge < -0.3 is 0 Å². The van der Waals surface area contributed by atoms with Crippen LogP contribution in [0.1, 0.15) is 83.6 Å². The summed E-state index contributed by atoms with van der Waals surface area (Å²) in [5.41, 5.74) is 0.0318. The predicted molar refractivity (Wildman–Crippen MR) is 86.5 cm³/mol. The van der Waals surface area contributed by atoms with Crippen molar-refractivity contribution >= 4 is 0 Å². The smallest absolute Gasteiger partial charge is 0.123 e. The van der Waals surface area contributed by atoms with E-state index in [1.165, 1.54) is 31.4 Å². The van der Waals surface area contributed by atoms with Crippen LogP contribution in [0.15, 0.2) is 24.3 Å². The minimum Gasteiger partial charge on any atom is -0.229 e. The molecule has 119 valence electrons. The van der Waals surface area contributed by atoms with Crippen LogP contribution in [0.4, 0.5) is 4.39 Å². The number of hydrogen-bond acceptors (Lipinski definition) is 0. The van der Waals surface area contributed by atoms with Crippen LogP contribution in [0.2, 0.25) is 0 Å². The zero-order valence-corrected chi connectivity index (χ0v) is 13.8. The lowest BCUT2D eigenvalue weighted by Crippen LogP contribution is -2.31. The lowest BCUT2D eigenvalue weighted by molar-refractivity contribution is -0.0479. The SMILES string of the molecule is CCCCCCCC(C)([O])C(CCC)c1ccc(F)cc1. The molecular formula is C19H30FO. The Morgan fingerprint density at radius 3 is 2.19 bits per heavy atom. The van der Waals surface area contributed by atoms with Crippen LogP contribution in [0.5, 0.6) is 0 Å². The van der Waals surface area contributed by atoms with E-state index in [2.05, 4.69) is 13.8 Å². The Bertz CT molecular complexity index is 383. The summed E-state index contributed by atoms with van der Waals surface area (Å²) in [6, 6.07) is 6.50. The maximum absolute atomic E-state index is 13.1. The van der Waals surface area contributed by atoms with E-state index in [9.17, 15) is 9.50 Å². The van der Waals surface area contributed by atoms with Crippen LogP contribution in [0.3, 0.4) is 0 Å². The van der Waals surface area contributed by atoms with Gasteiger partial charge in [0.25, 0.3) is 0 Å². The Hall–Kier alpha value is -0.890. The van der Waals surface area contributed by atoms with Gasteiger partial charge in [0.05, 0.1) is 0 Å². The Morgan fingerprint density at radius 1 is 1.00 bits per heavy atom. The van der Waals surface area contributed by atoms with Gasteiger partial charge in [-0.25, -0.2) is 9.50 Å². The first-order chi connectivity index (χ1) is 10.0. The van der Waals surface area contributed by atoms with E-state index >= 15 is 0 Å². The quantitative estimate of drug-likeness (QED) is 0.454. The fourth-order valence-electron chi connectivity index (χ4n) is 3.06. The summed E-state index contributed by atoms with van der Waals surface area (Å²) in [6.07, 6.45) is 8.42. The highest BCUT2D eigenvalue weighted by Gasteiger charge is 2.33. The van der Waals surface area contributed by atoms with E-state index in [0.717, 1.165) is 31.2 Å². The molecular weight excluding hydrogens is 263 g/mol. The normalized spacial score (nSPS) is 15.7. The van der Waals surface area contributed by atoms with Gasteiger partial charge in [0.1, 0.15) is 11.4 Å². The highest BCUT2D eigenvalue weighted by Crippen LogP contribution is 2.36. The molecule has 1 rings (SSSR count). The van der Waals surface area contributed by atoms with E-state index in [4.69, 9.17) is 0 Å². The van der Waals surface area contributed by atoms with E-state index < -0.39 is 5.60 Å². The van der Waals surface area contributed by atoms with Crippen LogP contribution in [-0.4, -0.2) is 5.60 Å². The number of unbranched alkanes of at least 4 members (excludes halogenated alkanes) is 4. The van der Waals surface area contributed by atoms with Gasteiger partial charge in [-0.2, -0.15) is 0 Å². The highest BCUT2D eigenvalue weighted by molar-refractivity contribution is 5.23. The summed E-state index contributed by atoms with van der Waals surface area (Å²) in [7, 11) is 0. The zero-order chi connectivity index (χ0) is 15.7. The second-order valence-corrected chi connectivity index (χ2v) is 6.37. The Labute approximate surface area is 129 Å². The molecule has 0 fully saturated rings. The standard InChI is InChI=1S/C19H30FO/c1-4-6-7-8-9-15-19(3,21)18(10-5-2)16-11-13-17(20)14-12-16/h11-14,18H,4-10,15H2,1-3H3. The molecule has 0 aliphatic rings. The second-order valence-electron chi connectivity index (χ2n) is 6.37. The molecule has 2 heteroatoms. The van der Waals surface area contributed by atoms with Crippen LogP contribution in [0, 0.1) is 5.82 Å². The van der Waals surface area contributed by atoms with Gasteiger partial charge in [0.2, 0.25) is 0 Å². The average molecular weight is 293 g/mol. The summed E-state index contributed by atoms with van der Waals surface area (Å²) >= 11 is 0. The van der Waals surface area contributed by atoms with Crippen molar-refractivity contribution in [1.29, 1.82) is 0 Å². The first kappa shape index (κ1) is 18.2. The van der Waals surface area contributed by atoms with Crippen molar-refractivity contribution in [1.82, 2.24) is 0 Å². The number of rotatable bonds is 10. The molecule has 0 saturated carbocycles. The number of benzene rings is 1. The average Bonchev–Trinajstić information content (AvgIpc) is 2.45. The van der Waals surface area contributed by atoms with Crippen LogP contribution < -0.4 is 0 Å². The van der Waals surface area contributed by atoms with E-state index in [0.29, 0.717) is 6.42 Å². The lowest BCUT2D eigenvalue weighted by atomic mass is 9.77. The van der Waals surface area contributed by atoms with Crippen molar-refractivity contribution in [2.75, 3.05) is 0 Å². The van der Waals surface area contributed by atoms with Gasteiger partial charge in [-0.3, -0.25) is 0 Å². The molecule has 21 heavy (non-hydrogen) atoms. The molecule has 0 amide bonds. The molecule has 1 radical (unpaired) electrons. The van der Waals surface area contributed by atoms with E-state index in [1.54, 1.807) is 12.1 Å². The monoisotopic (exact) mass is 293 g/mol. The van der Waals surface area contributed by atoms with E-state index in [1.807, 2.05) is 6.92 Å². The third kappa shape index (κ3) is 6.17. The van der Waals surface area contributed by atoms with Crippen LogP contribution in [-0.2, 0) is 5.11 Å². The second kappa shape index (κ2) is 9.19. The first-order valence-corrected chi connectivity index (χ1v) is 8.47. The summed E-state index contributed by atoms with van der Waals surface area (Å²) in [4.78, 5) is 0. The van der Waals surface area contributed by atoms with Crippen LogP contribution in [0.25, 0.3) is 0 Å². The molecule has 1 aromatic carbocycles. The third-order valence-electron chi connectivity index (χ3n) is 4.36. The van der Waals surface area contributed by atoms with Gasteiger partial charge >= 0.3 is 0 Å². The zero-order valence-electron chi connectivity index (χ0n) is 13.8. The van der Waals surface area contributed by atoms with Crippen molar-refractivity contribution in [3.05, 3.63) is 35.6 Å². The van der Waals surface area contributed by atoms with Crippen molar-refractivity contribution in [2.45, 2.75) is 83.7 Å². The lowest BCUT2D eigenvalue weighted by Gasteiger charge is -2.31. The maximum atomic E-state index is 13.1. The summed E-state index contributed by atoms with van der Waals surface area (Å²) in [5.74, 6) is -0.254. The minimum atomic E-state index is -0.958. The molecule has 0 heterocycles. The molecule has 2 unspecified atom stereocenters. The van der Waals surface area contributed by atoms with Gasteiger partial charge in [-0.15, -0.1) is 0 Å². The largest absolute Gasteiger partial charge is 0.229 e. The minimum absolute atomic E-state index is 0.0192. The predicted octanol–water partition coefficient (Wildman–Crippen LogP) is 6.26. The van der Waals surface area contributed by atoms with Crippen molar-refractivity contribution in [3.63, 3.8) is 0 Å². The van der Waals surface area contributed by atoms with Gasteiger partial charge in [0.15, 0.2) is 0 Å². The summed E-state index contributed by atoms with van der Waals surface area (Å²) < 4.78 is 13.1. The molecule has 1 aromatic rings. The van der Waals surface area contributed by atoms with Crippen molar-refractivity contribution < 1.29 is 9.50 Å². The molecule has 1 nitrogen and oxygen atoms in total. The number of halogens is 1. The number of hydrogen-bond donors (Lipinski definition) is 0. The van der Waals surface area contributed by atoms with Gasteiger partial charge in [-0.05, 0) is 37.5 Å². The van der Waals surface area contributed by atoms with Crippen LogP contribution >= 0.6 is 0 Å². The van der Waals surface area contributed by atoms with E-state index in [-0.39, 0.29) is 11.7 Å². The molecule has 0 N–H and O–H groups in total. The first-order valence-electron chi connectivity index (χ1n) is 8.47.